The lowest BCUT2D eigenvalue weighted by molar-refractivity contribution is -0.386. The number of rotatable bonds is 40. The van der Waals surface area contributed by atoms with Gasteiger partial charge in [0.2, 0.25) is 11.8 Å². The second kappa shape index (κ2) is 37.5. The Hall–Kier alpha value is -2.53. The predicted molar refractivity (Wildman–Crippen MR) is 278 cm³/mol. The highest BCUT2D eigenvalue weighted by Gasteiger charge is 2.60. The molecule has 0 saturated carbocycles. The second-order valence-electron chi connectivity index (χ2n) is 21.2. The summed E-state index contributed by atoms with van der Waals surface area (Å²) in [5.74, 6) is -6.14. The third-order valence-electron chi connectivity index (χ3n) is 14.7. The van der Waals surface area contributed by atoms with E-state index >= 15 is 0 Å². The highest BCUT2D eigenvalue weighted by molar-refractivity contribution is 5.77. The SMILES string of the molecule is CCCCCCCCCCCC/C=C/C(O)C(COC1OC(CO)C(OC2OC(CO)C(O)C(OC3(C(=O)O)CC(O)C(NC(C)=O)C(C(O)C(O)CO)O3)C2O)C(O)C1O)NC(=O)CCCCCCCCCCCCC. The van der Waals surface area contributed by atoms with E-state index in [4.69, 9.17) is 28.4 Å². The van der Waals surface area contributed by atoms with Crippen molar-refractivity contribution in [3.05, 3.63) is 12.2 Å². The van der Waals surface area contributed by atoms with E-state index in [0.717, 1.165) is 51.9 Å². The van der Waals surface area contributed by atoms with Gasteiger partial charge in [0.1, 0.15) is 67.1 Å². The number of carbonyl (C=O) groups is 3. The number of carboxylic acids is 1. The zero-order chi connectivity index (χ0) is 56.9. The molecule has 23 heteroatoms. The molecule has 3 heterocycles. The van der Waals surface area contributed by atoms with Crippen LogP contribution in [-0.2, 0) is 42.8 Å². The number of amides is 2. The Morgan fingerprint density at radius 3 is 1.73 bits per heavy atom. The lowest BCUT2D eigenvalue weighted by atomic mass is 9.88. The minimum Gasteiger partial charge on any atom is -0.477 e. The average molecular weight is 1110 g/mol. The number of unbranched alkanes of at least 4 members (excludes halogenated alkanes) is 20. The van der Waals surface area contributed by atoms with Crippen LogP contribution in [0.25, 0.3) is 0 Å². The maximum atomic E-state index is 13.3. The number of ether oxygens (including phenoxy) is 6. The Bertz CT molecular complexity index is 1650. The molecule has 14 N–H and O–H groups in total. The maximum Gasteiger partial charge on any atom is 0.364 e. The van der Waals surface area contributed by atoms with Crippen molar-refractivity contribution in [3.63, 3.8) is 0 Å². The first-order valence-corrected chi connectivity index (χ1v) is 28.6. The van der Waals surface area contributed by atoms with Gasteiger partial charge in [-0.3, -0.25) is 9.59 Å². The second-order valence-corrected chi connectivity index (χ2v) is 21.2. The van der Waals surface area contributed by atoms with Crippen LogP contribution in [0.5, 0.6) is 0 Å². The van der Waals surface area contributed by atoms with Crippen LogP contribution in [0.15, 0.2) is 12.2 Å². The van der Waals surface area contributed by atoms with Crippen LogP contribution in [0.1, 0.15) is 175 Å². The lowest BCUT2D eigenvalue weighted by Gasteiger charge is -2.50. The van der Waals surface area contributed by atoms with E-state index < -0.39 is 155 Å². The Morgan fingerprint density at radius 2 is 1.21 bits per heavy atom. The highest BCUT2D eigenvalue weighted by Crippen LogP contribution is 2.38. The first kappa shape index (κ1) is 68.7. The summed E-state index contributed by atoms with van der Waals surface area (Å²) in [7, 11) is 0. The quantitative estimate of drug-likeness (QED) is 0.0303. The van der Waals surface area contributed by atoms with Gasteiger partial charge < -0.3 is 100 Å². The Balaban J connectivity index is 1.71. The largest absolute Gasteiger partial charge is 0.477 e. The summed E-state index contributed by atoms with van der Waals surface area (Å²) < 4.78 is 34.6. The van der Waals surface area contributed by atoms with Gasteiger partial charge in [0.05, 0.1) is 50.7 Å². The summed E-state index contributed by atoms with van der Waals surface area (Å²) in [5.41, 5.74) is 0. The molecular weight excluding hydrogens is 1010 g/mol. The Kier molecular flexibility index (Phi) is 33.5. The normalized spacial score (nSPS) is 31.4. The number of nitrogens with one attached hydrogen (secondary N) is 2. The van der Waals surface area contributed by atoms with Gasteiger partial charge >= 0.3 is 5.97 Å². The van der Waals surface area contributed by atoms with Crippen molar-refractivity contribution in [2.75, 3.05) is 26.4 Å². The molecule has 18 atom stereocenters. The molecule has 3 aliphatic heterocycles. The molecule has 0 radical (unpaired) electrons. The van der Waals surface area contributed by atoms with Crippen molar-refractivity contribution >= 4 is 17.8 Å². The van der Waals surface area contributed by atoms with Crippen LogP contribution in [0, 0.1) is 0 Å². The molecule has 3 saturated heterocycles. The first-order chi connectivity index (χ1) is 36.9. The maximum absolute atomic E-state index is 13.3. The Labute approximate surface area is 454 Å². The summed E-state index contributed by atoms with van der Waals surface area (Å²) in [6.45, 7) is 2.05. The van der Waals surface area contributed by atoms with Gasteiger partial charge in [0.15, 0.2) is 12.6 Å². The van der Waals surface area contributed by atoms with E-state index in [1.807, 2.05) is 6.08 Å². The van der Waals surface area contributed by atoms with Crippen LogP contribution in [0.2, 0.25) is 0 Å². The third-order valence-corrected chi connectivity index (χ3v) is 14.7. The van der Waals surface area contributed by atoms with Gasteiger partial charge in [-0.1, -0.05) is 148 Å². The number of aliphatic hydroxyl groups is 11. The number of carbonyl (C=O) groups excluding carboxylic acids is 2. The summed E-state index contributed by atoms with van der Waals surface area (Å²) in [4.78, 5) is 38.2. The van der Waals surface area contributed by atoms with Crippen molar-refractivity contribution in [1.82, 2.24) is 10.6 Å². The monoisotopic (exact) mass is 1110 g/mol. The summed E-state index contributed by atoms with van der Waals surface area (Å²) in [6.07, 6.45) is -1.23. The number of allylic oxidation sites excluding steroid dienone is 1. The average Bonchev–Trinajstić information content (AvgIpc) is 3.41. The fourth-order valence-electron chi connectivity index (χ4n) is 10.1. The first-order valence-electron chi connectivity index (χ1n) is 28.6. The molecule has 2 amide bonds. The van der Waals surface area contributed by atoms with Gasteiger partial charge in [-0.2, -0.15) is 0 Å². The number of aliphatic hydroxyl groups excluding tert-OH is 11. The minimum absolute atomic E-state index is 0.203. The van der Waals surface area contributed by atoms with Crippen LogP contribution >= 0.6 is 0 Å². The predicted octanol–water partition coefficient (Wildman–Crippen LogP) is 1.21. The van der Waals surface area contributed by atoms with E-state index in [9.17, 15) is 75.7 Å². The minimum atomic E-state index is -3.08. The van der Waals surface area contributed by atoms with E-state index in [0.29, 0.717) is 12.8 Å². The number of hydrogen-bond donors (Lipinski definition) is 14. The molecular formula is C54H98N2O21. The molecule has 18 unspecified atom stereocenters. The van der Waals surface area contributed by atoms with Crippen molar-refractivity contribution in [3.8, 4) is 0 Å². The molecule has 0 aromatic rings. The van der Waals surface area contributed by atoms with Crippen LogP contribution < -0.4 is 10.6 Å². The summed E-state index contributed by atoms with van der Waals surface area (Å²) in [5, 5.41) is 135. The number of hydrogen-bond acceptors (Lipinski definition) is 20. The lowest BCUT2D eigenvalue weighted by Crippen LogP contribution is -2.70. The van der Waals surface area contributed by atoms with Gasteiger partial charge in [0, 0.05) is 19.8 Å². The van der Waals surface area contributed by atoms with Crippen molar-refractivity contribution < 1.29 is 104 Å². The zero-order valence-electron chi connectivity index (χ0n) is 45.8. The highest BCUT2D eigenvalue weighted by atomic mass is 16.8. The molecule has 0 spiro atoms. The van der Waals surface area contributed by atoms with Crippen LogP contribution in [0.4, 0.5) is 0 Å². The van der Waals surface area contributed by atoms with Gasteiger partial charge in [-0.25, -0.2) is 4.79 Å². The molecule has 3 fully saturated rings. The molecule has 450 valence electrons. The van der Waals surface area contributed by atoms with Gasteiger partial charge in [-0.15, -0.1) is 0 Å². The Morgan fingerprint density at radius 1 is 0.675 bits per heavy atom. The molecule has 0 aromatic carbocycles. The zero-order valence-corrected chi connectivity index (χ0v) is 45.8. The summed E-state index contributed by atoms with van der Waals surface area (Å²) in [6, 6.07) is -2.61. The molecule has 23 nitrogen and oxygen atoms in total. The van der Waals surface area contributed by atoms with Crippen molar-refractivity contribution in [2.45, 2.75) is 285 Å². The van der Waals surface area contributed by atoms with Crippen molar-refractivity contribution in [2.24, 2.45) is 0 Å². The van der Waals surface area contributed by atoms with Gasteiger partial charge in [-0.05, 0) is 19.3 Å². The van der Waals surface area contributed by atoms with Crippen LogP contribution in [0.3, 0.4) is 0 Å². The van der Waals surface area contributed by atoms with Crippen LogP contribution in [-0.4, -0.2) is 215 Å². The van der Waals surface area contributed by atoms with Gasteiger partial charge in [0.25, 0.3) is 5.79 Å². The van der Waals surface area contributed by atoms with E-state index in [1.54, 1.807) is 6.08 Å². The summed E-state index contributed by atoms with van der Waals surface area (Å²) >= 11 is 0. The number of aliphatic carboxylic acids is 1. The standard InChI is InChI=1S/C54H98N2O21/c1-4-6-8-10-12-14-16-18-19-21-23-25-27-36(61)35(56-41(64)28-26-24-22-20-17-15-13-11-9-7-5-2)33-72-51-46(68)45(67)48(40(32-59)74-51)75-52-47(69)50(44(66)39(31-58)73-52)77-54(53(70)71)29-37(62)42(55-34(3)60)49(76-54)43(65)38(63)30-57/h25,27,35-40,42-52,57-59,61-63,65-69H,4-24,26,28-33H2,1-3H3,(H,55,60)(H,56,64)(H,70,71)/b27-25+. The molecule has 0 aromatic heterocycles. The molecule has 3 aliphatic rings. The fourth-order valence-corrected chi connectivity index (χ4v) is 10.1. The molecule has 3 rings (SSSR count). The number of carboxylic acid groups (broad SMARTS) is 1. The molecule has 77 heavy (non-hydrogen) atoms. The molecule has 0 bridgehead atoms. The molecule has 0 aliphatic carbocycles. The topological polar surface area (TPSA) is 373 Å². The smallest absolute Gasteiger partial charge is 0.364 e. The van der Waals surface area contributed by atoms with E-state index in [1.165, 1.54) is 83.5 Å². The van der Waals surface area contributed by atoms with E-state index in [-0.39, 0.29) is 12.3 Å². The van der Waals surface area contributed by atoms with Crippen molar-refractivity contribution in [1.29, 1.82) is 0 Å². The third kappa shape index (κ3) is 22.7. The fraction of sp³-hybridized carbons (Fsp3) is 0.907. The van der Waals surface area contributed by atoms with E-state index in [2.05, 4.69) is 24.5 Å².